The Labute approximate surface area is 162 Å². The molecule has 0 unspecified atom stereocenters. The molecule has 0 fully saturated rings. The minimum atomic E-state index is -2.87. The van der Waals surface area contributed by atoms with Gasteiger partial charge in [0.05, 0.1) is 26.0 Å². The van der Waals surface area contributed by atoms with Gasteiger partial charge < -0.3 is 9.47 Å². The summed E-state index contributed by atoms with van der Waals surface area (Å²) in [7, 11) is 2.45. The highest BCUT2D eigenvalue weighted by molar-refractivity contribution is 5.98. The van der Waals surface area contributed by atoms with Crippen molar-refractivity contribution in [2.24, 2.45) is 0 Å². The van der Waals surface area contributed by atoms with Gasteiger partial charge in [0.25, 0.3) is 12.0 Å². The molecule has 0 bridgehead atoms. The summed E-state index contributed by atoms with van der Waals surface area (Å²) in [6.07, 6.45) is 0.611. The first-order valence-electron chi connectivity index (χ1n) is 8.15. The molecule has 7 nitrogen and oxygen atoms in total. The number of rotatable bonds is 5. The third kappa shape index (κ3) is 3.82. The Hall–Kier alpha value is -3.69. The summed E-state index contributed by atoms with van der Waals surface area (Å²) < 4.78 is 50.8. The molecular formula is C19H14F3N3O4. The normalized spacial score (nSPS) is 10.8. The summed E-state index contributed by atoms with van der Waals surface area (Å²) in [5, 5.41) is 0. The number of halogens is 3. The zero-order valence-corrected chi connectivity index (χ0v) is 15.2. The number of aromatic nitrogens is 3. The topological polar surface area (TPSA) is 83.3 Å². The van der Waals surface area contributed by atoms with Crippen molar-refractivity contribution in [2.75, 3.05) is 14.2 Å². The second-order valence-electron chi connectivity index (χ2n) is 5.72. The van der Waals surface area contributed by atoms with Crippen LogP contribution in [0.3, 0.4) is 0 Å². The van der Waals surface area contributed by atoms with Gasteiger partial charge in [-0.2, -0.15) is 0 Å². The van der Waals surface area contributed by atoms with Gasteiger partial charge in [-0.25, -0.2) is 22.9 Å². The van der Waals surface area contributed by atoms with Crippen molar-refractivity contribution in [3.05, 3.63) is 70.3 Å². The van der Waals surface area contributed by atoms with E-state index in [4.69, 9.17) is 9.47 Å². The fourth-order valence-electron chi connectivity index (χ4n) is 2.67. The summed E-state index contributed by atoms with van der Waals surface area (Å²) >= 11 is 0. The highest BCUT2D eigenvalue weighted by Crippen LogP contribution is 2.35. The highest BCUT2D eigenvalue weighted by atomic mass is 19.3. The summed E-state index contributed by atoms with van der Waals surface area (Å²) in [5.74, 6) is -1.73. The predicted octanol–water partition coefficient (Wildman–Crippen LogP) is 3.17. The Morgan fingerprint density at radius 2 is 1.90 bits per heavy atom. The summed E-state index contributed by atoms with van der Waals surface area (Å²) in [4.78, 5) is 31.9. The third-order valence-corrected chi connectivity index (χ3v) is 4.06. The Bertz CT molecular complexity index is 1130. The van der Waals surface area contributed by atoms with Crippen molar-refractivity contribution in [2.45, 2.75) is 6.43 Å². The van der Waals surface area contributed by atoms with Gasteiger partial charge >= 0.3 is 5.97 Å². The number of methoxy groups -OCH3 is 2. The summed E-state index contributed by atoms with van der Waals surface area (Å²) in [6.45, 7) is 0. The van der Waals surface area contributed by atoms with Gasteiger partial charge in [-0.1, -0.05) is 0 Å². The number of carbonyl (C=O) groups is 1. The fourth-order valence-corrected chi connectivity index (χ4v) is 2.67. The Balaban J connectivity index is 2.31. The van der Waals surface area contributed by atoms with E-state index in [2.05, 4.69) is 9.97 Å². The van der Waals surface area contributed by atoms with Gasteiger partial charge in [0.2, 0.25) is 0 Å². The molecule has 3 aromatic heterocycles. The van der Waals surface area contributed by atoms with E-state index in [-0.39, 0.29) is 28.3 Å². The SMILES string of the molecule is COC(=O)c1cnc(-n2cccc(F)c2=O)cc1-c1cc(C(F)F)ncc1OC. The van der Waals surface area contributed by atoms with Gasteiger partial charge in [0, 0.05) is 23.5 Å². The fraction of sp³-hybridized carbons (Fsp3) is 0.158. The molecule has 0 atom stereocenters. The molecule has 3 aromatic rings. The monoisotopic (exact) mass is 405 g/mol. The Kier molecular flexibility index (Phi) is 5.62. The molecule has 0 aliphatic rings. The van der Waals surface area contributed by atoms with Gasteiger partial charge in [-0.15, -0.1) is 0 Å². The van der Waals surface area contributed by atoms with Crippen LogP contribution in [0.2, 0.25) is 0 Å². The number of esters is 1. The standard InChI is InChI=1S/C19H14F3N3O4/c1-28-15-9-23-14(17(21)22)6-11(15)10-7-16(24-8-12(10)19(27)29-2)25-5-3-4-13(20)18(25)26/h3-9,17H,1-2H3. The maximum atomic E-state index is 13.7. The average molecular weight is 405 g/mol. The number of ether oxygens (including phenoxy) is 2. The Morgan fingerprint density at radius 3 is 2.55 bits per heavy atom. The average Bonchev–Trinajstić information content (AvgIpc) is 2.74. The number of pyridine rings is 3. The highest BCUT2D eigenvalue weighted by Gasteiger charge is 2.21. The Morgan fingerprint density at radius 1 is 1.14 bits per heavy atom. The molecule has 0 saturated heterocycles. The largest absolute Gasteiger partial charge is 0.494 e. The van der Waals surface area contributed by atoms with Gasteiger partial charge in [0.1, 0.15) is 17.3 Å². The van der Waals surface area contributed by atoms with Crippen LogP contribution in [-0.2, 0) is 4.74 Å². The van der Waals surface area contributed by atoms with Crippen LogP contribution in [0.25, 0.3) is 16.9 Å². The van der Waals surface area contributed by atoms with Crippen molar-refractivity contribution in [1.82, 2.24) is 14.5 Å². The molecule has 3 heterocycles. The lowest BCUT2D eigenvalue weighted by molar-refractivity contribution is 0.0601. The lowest BCUT2D eigenvalue weighted by Crippen LogP contribution is -2.21. The zero-order valence-electron chi connectivity index (χ0n) is 15.2. The van der Waals surface area contributed by atoms with Crippen LogP contribution >= 0.6 is 0 Å². The smallest absolute Gasteiger partial charge is 0.340 e. The van der Waals surface area contributed by atoms with Crippen LogP contribution in [0.5, 0.6) is 5.75 Å². The van der Waals surface area contributed by atoms with Crippen molar-refractivity contribution >= 4 is 5.97 Å². The first-order valence-corrected chi connectivity index (χ1v) is 8.15. The summed E-state index contributed by atoms with van der Waals surface area (Å²) in [5.41, 5.74) is -1.37. The van der Waals surface area contributed by atoms with Crippen LogP contribution in [0.4, 0.5) is 13.2 Å². The lowest BCUT2D eigenvalue weighted by Gasteiger charge is -2.15. The number of carbonyl (C=O) groups excluding carboxylic acids is 1. The molecule has 0 radical (unpaired) electrons. The molecule has 29 heavy (non-hydrogen) atoms. The summed E-state index contributed by atoms with van der Waals surface area (Å²) in [6, 6.07) is 4.63. The first kappa shape index (κ1) is 20.1. The third-order valence-electron chi connectivity index (χ3n) is 4.06. The van der Waals surface area contributed by atoms with E-state index in [0.717, 1.165) is 36.2 Å². The molecule has 0 spiro atoms. The molecular weight excluding hydrogens is 391 g/mol. The second kappa shape index (κ2) is 8.13. The molecule has 0 saturated carbocycles. The molecule has 3 rings (SSSR count). The number of hydrogen-bond donors (Lipinski definition) is 0. The maximum Gasteiger partial charge on any atom is 0.340 e. The predicted molar refractivity (Wildman–Crippen MR) is 95.9 cm³/mol. The zero-order chi connectivity index (χ0) is 21.1. The molecule has 0 amide bonds. The quantitative estimate of drug-likeness (QED) is 0.607. The molecule has 150 valence electrons. The maximum absolute atomic E-state index is 13.7. The number of alkyl halides is 2. The number of nitrogens with zero attached hydrogens (tertiary/aromatic N) is 3. The van der Waals surface area contributed by atoms with Crippen LogP contribution < -0.4 is 10.3 Å². The van der Waals surface area contributed by atoms with Crippen molar-refractivity contribution in [3.8, 4) is 22.7 Å². The van der Waals surface area contributed by atoms with Crippen LogP contribution in [-0.4, -0.2) is 34.7 Å². The van der Waals surface area contributed by atoms with E-state index in [1.165, 1.54) is 25.4 Å². The van der Waals surface area contributed by atoms with Gasteiger partial charge in [-0.05, 0) is 24.3 Å². The molecule has 10 heteroatoms. The molecule has 0 aliphatic carbocycles. The molecule has 0 aliphatic heterocycles. The van der Waals surface area contributed by atoms with Crippen molar-refractivity contribution in [1.29, 1.82) is 0 Å². The van der Waals surface area contributed by atoms with E-state index < -0.39 is 29.5 Å². The van der Waals surface area contributed by atoms with E-state index in [1.54, 1.807) is 0 Å². The minimum absolute atomic E-state index is 0.0328. The van der Waals surface area contributed by atoms with Crippen LogP contribution in [0.1, 0.15) is 22.5 Å². The van der Waals surface area contributed by atoms with Crippen molar-refractivity contribution < 1.29 is 27.4 Å². The van der Waals surface area contributed by atoms with E-state index in [1.807, 2.05) is 0 Å². The molecule has 0 aromatic carbocycles. The van der Waals surface area contributed by atoms with Gasteiger partial charge in [-0.3, -0.25) is 14.3 Å². The van der Waals surface area contributed by atoms with Crippen LogP contribution in [0, 0.1) is 5.82 Å². The second-order valence-corrected chi connectivity index (χ2v) is 5.72. The van der Waals surface area contributed by atoms with Crippen LogP contribution in [0.15, 0.2) is 47.7 Å². The molecule has 0 N–H and O–H groups in total. The minimum Gasteiger partial charge on any atom is -0.494 e. The lowest BCUT2D eigenvalue weighted by atomic mass is 10.0. The van der Waals surface area contributed by atoms with E-state index in [0.29, 0.717) is 0 Å². The van der Waals surface area contributed by atoms with Gasteiger partial charge in [0.15, 0.2) is 5.82 Å². The number of hydrogen-bond acceptors (Lipinski definition) is 6. The van der Waals surface area contributed by atoms with E-state index >= 15 is 0 Å². The van der Waals surface area contributed by atoms with Crippen molar-refractivity contribution in [3.63, 3.8) is 0 Å². The first-order chi connectivity index (χ1) is 13.9. The van der Waals surface area contributed by atoms with E-state index in [9.17, 15) is 22.8 Å².